The molecule has 1 unspecified atom stereocenters. The number of hydrogen-bond acceptors (Lipinski definition) is 5. The van der Waals surface area contributed by atoms with Crippen LogP contribution in [0.25, 0.3) is 0 Å². The van der Waals surface area contributed by atoms with Crippen molar-refractivity contribution in [3.05, 3.63) is 77.3 Å². The zero-order valence-electron chi connectivity index (χ0n) is 14.9. The number of aromatic nitrogens is 1. The van der Waals surface area contributed by atoms with Crippen molar-refractivity contribution >= 4 is 32.4 Å². The molecule has 0 aliphatic heterocycles. The monoisotopic (exact) mass is 401 g/mol. The van der Waals surface area contributed by atoms with Gasteiger partial charge in [0.05, 0.1) is 4.90 Å². The number of carbonyl (C=O) groups is 1. The zero-order valence-corrected chi connectivity index (χ0v) is 16.5. The molecule has 1 amide bonds. The Hall–Kier alpha value is -2.55. The van der Waals surface area contributed by atoms with E-state index in [1.54, 1.807) is 37.7 Å². The Morgan fingerprint density at radius 2 is 1.89 bits per heavy atom. The quantitative estimate of drug-likeness (QED) is 0.686. The number of benzene rings is 2. The third-order valence-corrected chi connectivity index (χ3v) is 6.42. The molecule has 8 heteroatoms. The third kappa shape index (κ3) is 4.41. The van der Waals surface area contributed by atoms with Crippen molar-refractivity contribution in [1.82, 2.24) is 9.71 Å². The highest BCUT2D eigenvalue weighted by Crippen LogP contribution is 2.21. The van der Waals surface area contributed by atoms with Crippen molar-refractivity contribution < 1.29 is 13.2 Å². The Balaban J connectivity index is 1.82. The van der Waals surface area contributed by atoms with E-state index in [0.29, 0.717) is 5.13 Å². The van der Waals surface area contributed by atoms with Crippen LogP contribution < -0.4 is 9.62 Å². The van der Waals surface area contributed by atoms with Gasteiger partial charge in [-0.3, -0.25) is 9.69 Å². The maximum Gasteiger partial charge on any atom is 0.259 e. The van der Waals surface area contributed by atoms with Crippen LogP contribution in [0.15, 0.2) is 71.1 Å². The predicted molar refractivity (Wildman–Crippen MR) is 106 cm³/mol. The van der Waals surface area contributed by atoms with Gasteiger partial charge in [0.15, 0.2) is 5.13 Å². The second-order valence-corrected chi connectivity index (χ2v) is 8.55. The fourth-order valence-electron chi connectivity index (χ4n) is 2.57. The van der Waals surface area contributed by atoms with E-state index in [2.05, 4.69) is 9.71 Å². The number of amides is 1. The van der Waals surface area contributed by atoms with Gasteiger partial charge in [-0.25, -0.2) is 18.1 Å². The summed E-state index contributed by atoms with van der Waals surface area (Å²) in [5.74, 6) is -0.321. The maximum atomic E-state index is 12.7. The van der Waals surface area contributed by atoms with Gasteiger partial charge in [-0.15, -0.1) is 11.3 Å². The topological polar surface area (TPSA) is 79.4 Å². The molecule has 1 N–H and O–H groups in total. The van der Waals surface area contributed by atoms with Crippen LogP contribution in [0.4, 0.5) is 5.13 Å². The summed E-state index contributed by atoms with van der Waals surface area (Å²) >= 11 is 1.33. The molecule has 6 nitrogen and oxygen atoms in total. The second kappa shape index (κ2) is 7.99. The largest absolute Gasteiger partial charge is 0.287 e. The molecular formula is C19H19N3O3S2. The van der Waals surface area contributed by atoms with Crippen molar-refractivity contribution in [2.75, 3.05) is 11.9 Å². The molecule has 1 aromatic heterocycles. The number of sulfonamides is 1. The number of rotatable bonds is 6. The van der Waals surface area contributed by atoms with Crippen molar-refractivity contribution in [1.29, 1.82) is 0 Å². The van der Waals surface area contributed by atoms with Gasteiger partial charge >= 0.3 is 0 Å². The van der Waals surface area contributed by atoms with Crippen molar-refractivity contribution in [3.8, 4) is 0 Å². The van der Waals surface area contributed by atoms with Crippen molar-refractivity contribution in [2.45, 2.75) is 17.9 Å². The van der Waals surface area contributed by atoms with Gasteiger partial charge in [-0.05, 0) is 30.7 Å². The molecule has 0 saturated heterocycles. The highest BCUT2D eigenvalue weighted by atomic mass is 32.2. The van der Waals surface area contributed by atoms with Crippen LogP contribution in [0, 0.1) is 0 Å². The first-order chi connectivity index (χ1) is 12.9. The van der Waals surface area contributed by atoms with E-state index >= 15 is 0 Å². The standard InChI is InChI=1S/C19H19N3O3S2/c1-14(15-7-4-3-5-8-15)21-27(24,25)17-10-6-9-16(13-17)18(23)22(2)19-20-11-12-26-19/h3-14,21H,1-2H3. The van der Waals surface area contributed by atoms with Crippen LogP contribution in [0.5, 0.6) is 0 Å². The minimum Gasteiger partial charge on any atom is -0.287 e. The molecular weight excluding hydrogens is 382 g/mol. The van der Waals surface area contributed by atoms with E-state index in [4.69, 9.17) is 0 Å². The molecule has 0 radical (unpaired) electrons. The van der Waals surface area contributed by atoms with Crippen molar-refractivity contribution in [3.63, 3.8) is 0 Å². The van der Waals surface area contributed by atoms with Crippen LogP contribution >= 0.6 is 11.3 Å². The van der Waals surface area contributed by atoms with Crippen LogP contribution in [-0.2, 0) is 10.0 Å². The summed E-state index contributed by atoms with van der Waals surface area (Å²) in [6.07, 6.45) is 1.61. The van der Waals surface area contributed by atoms with Gasteiger partial charge in [-0.2, -0.15) is 0 Å². The van der Waals surface area contributed by atoms with Crippen LogP contribution in [0.3, 0.4) is 0 Å². The lowest BCUT2D eigenvalue weighted by molar-refractivity contribution is 0.0992. The lowest BCUT2D eigenvalue weighted by Gasteiger charge is -2.16. The molecule has 0 aliphatic carbocycles. The SMILES string of the molecule is CC(NS(=O)(=O)c1cccc(C(=O)N(C)c2nccs2)c1)c1ccccc1. The fraction of sp³-hybridized carbons (Fsp3) is 0.158. The molecule has 1 heterocycles. The normalized spacial score (nSPS) is 12.5. The van der Waals surface area contributed by atoms with E-state index in [1.165, 1.54) is 28.4 Å². The molecule has 3 rings (SSSR count). The zero-order chi connectivity index (χ0) is 19.4. The molecule has 3 aromatic rings. The number of anilines is 1. The van der Waals surface area contributed by atoms with Gasteiger partial charge in [0.2, 0.25) is 10.0 Å². The Morgan fingerprint density at radius 3 is 2.56 bits per heavy atom. The molecule has 0 bridgehead atoms. The Labute approximate surface area is 162 Å². The summed E-state index contributed by atoms with van der Waals surface area (Å²) in [5, 5.41) is 2.32. The van der Waals surface area contributed by atoms with E-state index in [1.807, 2.05) is 30.3 Å². The molecule has 140 valence electrons. The van der Waals surface area contributed by atoms with Crippen LogP contribution in [-0.4, -0.2) is 26.4 Å². The average molecular weight is 402 g/mol. The van der Waals surface area contributed by atoms with Gasteiger partial charge in [-0.1, -0.05) is 36.4 Å². The van der Waals surface area contributed by atoms with E-state index in [9.17, 15) is 13.2 Å². The highest BCUT2D eigenvalue weighted by Gasteiger charge is 2.21. The molecule has 0 fully saturated rings. The number of thiazole rings is 1. The predicted octanol–water partition coefficient (Wildman–Crippen LogP) is 3.46. The van der Waals surface area contributed by atoms with Crippen LogP contribution in [0.1, 0.15) is 28.9 Å². The summed E-state index contributed by atoms with van der Waals surface area (Å²) in [6, 6.07) is 14.9. The summed E-state index contributed by atoms with van der Waals surface area (Å²) in [7, 11) is -2.17. The number of hydrogen-bond donors (Lipinski definition) is 1. The Bertz CT molecular complexity index is 1020. The third-order valence-electron chi connectivity index (χ3n) is 4.03. The van der Waals surface area contributed by atoms with Gasteiger partial charge in [0.1, 0.15) is 0 Å². The highest BCUT2D eigenvalue weighted by molar-refractivity contribution is 7.89. The first kappa shape index (κ1) is 19.2. The van der Waals surface area contributed by atoms with E-state index in [-0.39, 0.29) is 16.4 Å². The Morgan fingerprint density at radius 1 is 1.15 bits per heavy atom. The molecule has 0 spiro atoms. The number of carbonyl (C=O) groups excluding carboxylic acids is 1. The summed E-state index contributed by atoms with van der Waals surface area (Å²) in [6.45, 7) is 1.78. The average Bonchev–Trinajstić information content (AvgIpc) is 3.22. The number of nitrogens with one attached hydrogen (secondary N) is 1. The molecule has 0 saturated carbocycles. The lowest BCUT2D eigenvalue weighted by Crippen LogP contribution is -2.28. The number of nitrogens with zero attached hydrogens (tertiary/aromatic N) is 2. The van der Waals surface area contributed by atoms with Gasteiger partial charge < -0.3 is 0 Å². The second-order valence-electron chi connectivity index (χ2n) is 5.96. The van der Waals surface area contributed by atoms with Crippen molar-refractivity contribution in [2.24, 2.45) is 0 Å². The summed E-state index contributed by atoms with van der Waals surface area (Å²) in [4.78, 5) is 18.2. The maximum absolute atomic E-state index is 12.7. The lowest BCUT2D eigenvalue weighted by atomic mass is 10.1. The molecule has 1 atom stereocenters. The van der Waals surface area contributed by atoms with Gasteiger partial charge in [0, 0.05) is 30.2 Å². The first-order valence-corrected chi connectivity index (χ1v) is 10.6. The summed E-state index contributed by atoms with van der Waals surface area (Å²) < 4.78 is 28.1. The minimum absolute atomic E-state index is 0.0451. The van der Waals surface area contributed by atoms with E-state index < -0.39 is 16.1 Å². The van der Waals surface area contributed by atoms with Gasteiger partial charge in [0.25, 0.3) is 5.91 Å². The summed E-state index contributed by atoms with van der Waals surface area (Å²) in [5.41, 5.74) is 1.14. The molecule has 27 heavy (non-hydrogen) atoms. The minimum atomic E-state index is -3.78. The first-order valence-electron chi connectivity index (χ1n) is 8.23. The Kier molecular flexibility index (Phi) is 5.69. The van der Waals surface area contributed by atoms with E-state index in [0.717, 1.165) is 5.56 Å². The van der Waals surface area contributed by atoms with Crippen LogP contribution in [0.2, 0.25) is 0 Å². The molecule has 2 aromatic carbocycles. The fourth-order valence-corrected chi connectivity index (χ4v) is 4.45. The molecule has 0 aliphatic rings. The smallest absolute Gasteiger partial charge is 0.259 e.